The number of hydrogen-bond acceptors (Lipinski definition) is 2. The zero-order chi connectivity index (χ0) is 5.98. The third kappa shape index (κ3) is 2.12. The molecule has 0 aromatic rings. The van der Waals surface area contributed by atoms with E-state index in [0.717, 1.165) is 5.92 Å². The molecule has 1 fully saturated rings. The number of nitrogens with one attached hydrogen (secondary N) is 1. The van der Waals surface area contributed by atoms with Crippen molar-refractivity contribution in [3.8, 4) is 0 Å². The molecule has 9 heavy (non-hydrogen) atoms. The van der Waals surface area contributed by atoms with Gasteiger partial charge in [0, 0.05) is 6.04 Å². The lowest BCUT2D eigenvalue weighted by Crippen LogP contribution is -2.36. The summed E-state index contributed by atoms with van der Waals surface area (Å²) in [4.78, 5) is 0. The molecule has 0 aromatic heterocycles. The quantitative estimate of drug-likeness (QED) is 0.434. The maximum absolute atomic E-state index is 5.27. The molecule has 56 valence electrons. The van der Waals surface area contributed by atoms with Crippen LogP contribution in [0, 0.1) is 5.92 Å². The summed E-state index contributed by atoms with van der Waals surface area (Å²) in [5.41, 5.74) is 2.81. The van der Waals surface area contributed by atoms with Gasteiger partial charge in [0.1, 0.15) is 0 Å². The second kappa shape index (κ2) is 4.09. The lowest BCUT2D eigenvalue weighted by molar-refractivity contribution is 0.437. The van der Waals surface area contributed by atoms with Gasteiger partial charge >= 0.3 is 0 Å². The number of hydrazine groups is 1. The minimum absolute atomic E-state index is 0. The maximum atomic E-state index is 5.27. The van der Waals surface area contributed by atoms with Gasteiger partial charge in [-0.25, -0.2) is 0 Å². The highest BCUT2D eigenvalue weighted by Crippen LogP contribution is 2.23. The predicted octanol–water partition coefficient (Wildman–Crippen LogP) is 1.06. The lowest BCUT2D eigenvalue weighted by Gasteiger charge is -2.11. The van der Waals surface area contributed by atoms with E-state index in [1.165, 1.54) is 19.3 Å². The van der Waals surface area contributed by atoms with Crippen molar-refractivity contribution >= 4 is 12.4 Å². The Labute approximate surface area is 62.6 Å². The highest BCUT2D eigenvalue weighted by atomic mass is 35.5. The zero-order valence-electron chi connectivity index (χ0n) is 5.76. The molecule has 2 atom stereocenters. The molecule has 3 heteroatoms. The largest absolute Gasteiger partial charge is 0.271 e. The Morgan fingerprint density at radius 3 is 2.33 bits per heavy atom. The third-order valence-electron chi connectivity index (χ3n) is 2.08. The second-order valence-corrected chi connectivity index (χ2v) is 2.68. The summed E-state index contributed by atoms with van der Waals surface area (Å²) in [7, 11) is 0. The maximum Gasteiger partial charge on any atom is 0.0236 e. The van der Waals surface area contributed by atoms with Crippen molar-refractivity contribution in [2.24, 2.45) is 11.8 Å². The highest BCUT2D eigenvalue weighted by Gasteiger charge is 2.20. The monoisotopic (exact) mass is 150 g/mol. The average Bonchev–Trinajstić information content (AvgIpc) is 2.14. The van der Waals surface area contributed by atoms with E-state index in [4.69, 9.17) is 5.84 Å². The van der Waals surface area contributed by atoms with Crippen LogP contribution >= 0.6 is 12.4 Å². The van der Waals surface area contributed by atoms with Gasteiger partial charge in [-0.15, -0.1) is 12.4 Å². The molecule has 0 aromatic carbocycles. The normalized spacial score (nSPS) is 34.0. The first kappa shape index (κ1) is 9.21. The van der Waals surface area contributed by atoms with E-state index in [1.54, 1.807) is 0 Å². The van der Waals surface area contributed by atoms with E-state index in [9.17, 15) is 0 Å². The average molecular weight is 151 g/mol. The summed E-state index contributed by atoms with van der Waals surface area (Å²) in [6.45, 7) is 2.25. The van der Waals surface area contributed by atoms with Gasteiger partial charge in [-0.1, -0.05) is 13.3 Å². The Balaban J connectivity index is 0.000000640. The van der Waals surface area contributed by atoms with Gasteiger partial charge in [-0.2, -0.15) is 0 Å². The molecule has 0 spiro atoms. The van der Waals surface area contributed by atoms with Crippen LogP contribution in [0.3, 0.4) is 0 Å². The minimum Gasteiger partial charge on any atom is -0.271 e. The summed E-state index contributed by atoms with van der Waals surface area (Å²) in [5, 5.41) is 0. The van der Waals surface area contributed by atoms with E-state index in [2.05, 4.69) is 12.3 Å². The molecule has 2 unspecified atom stereocenters. The first-order valence-electron chi connectivity index (χ1n) is 3.30. The fraction of sp³-hybridized carbons (Fsp3) is 1.00. The molecule has 3 N–H and O–H groups in total. The Kier molecular flexibility index (Phi) is 4.19. The molecule has 0 bridgehead atoms. The molecular formula is C6H15ClN2. The minimum atomic E-state index is 0. The summed E-state index contributed by atoms with van der Waals surface area (Å²) >= 11 is 0. The Hall–Kier alpha value is 0.210. The fourth-order valence-corrected chi connectivity index (χ4v) is 1.39. The number of hydrogen-bond donors (Lipinski definition) is 2. The summed E-state index contributed by atoms with van der Waals surface area (Å²) in [6, 6.07) is 0.593. The van der Waals surface area contributed by atoms with E-state index in [-0.39, 0.29) is 12.4 Å². The Bertz CT molecular complexity index is 77.5. The van der Waals surface area contributed by atoms with Gasteiger partial charge < -0.3 is 0 Å². The van der Waals surface area contributed by atoms with E-state index in [1.807, 2.05) is 0 Å². The molecule has 1 rings (SSSR count). The van der Waals surface area contributed by atoms with E-state index < -0.39 is 0 Å². The number of rotatable bonds is 1. The first-order valence-corrected chi connectivity index (χ1v) is 3.30. The molecule has 1 aliphatic carbocycles. The summed E-state index contributed by atoms with van der Waals surface area (Å²) in [6.07, 6.45) is 3.95. The molecule has 0 aliphatic heterocycles. The van der Waals surface area contributed by atoms with E-state index >= 15 is 0 Å². The number of halogens is 1. The van der Waals surface area contributed by atoms with Crippen LogP contribution in [-0.4, -0.2) is 6.04 Å². The molecule has 0 radical (unpaired) electrons. The second-order valence-electron chi connectivity index (χ2n) is 2.68. The standard InChI is InChI=1S/C6H14N2.ClH/c1-5-3-2-4-6(5)8-7;/h5-6,8H,2-4,7H2,1H3;1H. The van der Waals surface area contributed by atoms with Crippen molar-refractivity contribution < 1.29 is 0 Å². The van der Waals surface area contributed by atoms with Gasteiger partial charge in [0.25, 0.3) is 0 Å². The lowest BCUT2D eigenvalue weighted by atomic mass is 10.1. The molecule has 1 saturated carbocycles. The number of nitrogens with two attached hydrogens (primary N) is 1. The van der Waals surface area contributed by atoms with Crippen LogP contribution in [0.1, 0.15) is 26.2 Å². The molecule has 0 amide bonds. The van der Waals surface area contributed by atoms with Crippen LogP contribution in [0.2, 0.25) is 0 Å². The highest BCUT2D eigenvalue weighted by molar-refractivity contribution is 5.85. The smallest absolute Gasteiger partial charge is 0.0236 e. The van der Waals surface area contributed by atoms with Crippen LogP contribution < -0.4 is 11.3 Å². The zero-order valence-corrected chi connectivity index (χ0v) is 6.58. The topological polar surface area (TPSA) is 38.0 Å². The van der Waals surface area contributed by atoms with Crippen molar-refractivity contribution in [3.63, 3.8) is 0 Å². The summed E-state index contributed by atoms with van der Waals surface area (Å²) in [5.74, 6) is 6.07. The fourth-order valence-electron chi connectivity index (χ4n) is 1.39. The molecule has 1 aliphatic rings. The van der Waals surface area contributed by atoms with Crippen molar-refractivity contribution in [2.75, 3.05) is 0 Å². The van der Waals surface area contributed by atoms with E-state index in [0.29, 0.717) is 6.04 Å². The molecule has 0 saturated heterocycles. The Morgan fingerprint density at radius 2 is 2.11 bits per heavy atom. The van der Waals surface area contributed by atoms with Crippen LogP contribution in [0.15, 0.2) is 0 Å². The van der Waals surface area contributed by atoms with Crippen molar-refractivity contribution in [1.29, 1.82) is 0 Å². The first-order chi connectivity index (χ1) is 3.84. The molecule has 0 heterocycles. The van der Waals surface area contributed by atoms with Crippen LogP contribution in [0.4, 0.5) is 0 Å². The summed E-state index contributed by atoms with van der Waals surface area (Å²) < 4.78 is 0. The van der Waals surface area contributed by atoms with Crippen molar-refractivity contribution in [1.82, 2.24) is 5.43 Å². The van der Waals surface area contributed by atoms with Crippen molar-refractivity contribution in [3.05, 3.63) is 0 Å². The molecular weight excluding hydrogens is 136 g/mol. The van der Waals surface area contributed by atoms with Gasteiger partial charge in [0.15, 0.2) is 0 Å². The van der Waals surface area contributed by atoms with Gasteiger partial charge in [0.05, 0.1) is 0 Å². The Morgan fingerprint density at radius 1 is 1.44 bits per heavy atom. The van der Waals surface area contributed by atoms with Crippen LogP contribution in [0.5, 0.6) is 0 Å². The SMILES string of the molecule is CC1CCCC1NN.Cl. The predicted molar refractivity (Wildman–Crippen MR) is 41.4 cm³/mol. The van der Waals surface area contributed by atoms with Gasteiger partial charge in [0.2, 0.25) is 0 Å². The van der Waals surface area contributed by atoms with Gasteiger partial charge in [-0.05, 0) is 18.8 Å². The van der Waals surface area contributed by atoms with Crippen LogP contribution in [-0.2, 0) is 0 Å². The van der Waals surface area contributed by atoms with Crippen LogP contribution in [0.25, 0.3) is 0 Å². The molecule has 2 nitrogen and oxygen atoms in total. The van der Waals surface area contributed by atoms with Gasteiger partial charge in [-0.3, -0.25) is 11.3 Å². The van der Waals surface area contributed by atoms with Crippen molar-refractivity contribution in [2.45, 2.75) is 32.2 Å². The third-order valence-corrected chi connectivity index (χ3v) is 2.08.